The molecule has 0 aromatic heterocycles. The molecule has 35 heavy (non-hydrogen) atoms. The van der Waals surface area contributed by atoms with Crippen molar-refractivity contribution in [3.63, 3.8) is 0 Å². The second-order valence-corrected chi connectivity index (χ2v) is 7.62. The molecule has 2 N–H and O–H groups in total. The van der Waals surface area contributed by atoms with E-state index in [-0.39, 0.29) is 20.1 Å². The highest BCUT2D eigenvalue weighted by Crippen LogP contribution is 2.24. The number of alkyl halides is 2. The van der Waals surface area contributed by atoms with E-state index in [0.29, 0.717) is 12.0 Å². The van der Waals surface area contributed by atoms with Crippen LogP contribution in [0.5, 0.6) is 5.75 Å². The van der Waals surface area contributed by atoms with Crippen LogP contribution < -0.4 is 5.32 Å². The van der Waals surface area contributed by atoms with Crippen LogP contribution in [0.25, 0.3) is 0 Å². The van der Waals surface area contributed by atoms with Crippen molar-refractivity contribution in [3.8, 4) is 5.75 Å². The zero-order valence-electron chi connectivity index (χ0n) is 20.0. The number of aromatic hydroxyl groups is 1. The maximum absolute atomic E-state index is 13.5. The van der Waals surface area contributed by atoms with Crippen molar-refractivity contribution in [2.45, 2.75) is 45.7 Å². The maximum atomic E-state index is 13.5. The number of aryl methyl sites for hydroxylation is 1. The Hall–Kier alpha value is -3.74. The Balaban J connectivity index is 0.00000211. The van der Waals surface area contributed by atoms with Gasteiger partial charge < -0.3 is 15.3 Å². The molecule has 3 aromatic rings. The highest BCUT2D eigenvalue weighted by Gasteiger charge is 2.32. The molecule has 2 amide bonds. The number of nitrogens with one attached hydrogen (secondary N) is 1. The Labute approximate surface area is 206 Å². The van der Waals surface area contributed by atoms with E-state index >= 15 is 0 Å². The highest BCUT2D eigenvalue weighted by molar-refractivity contribution is 5.88. The minimum absolute atomic E-state index is 0. The lowest BCUT2D eigenvalue weighted by molar-refractivity contribution is -0.143. The third-order valence-electron chi connectivity index (χ3n) is 5.20. The molecule has 1 unspecified atom stereocenters. The van der Waals surface area contributed by atoms with E-state index in [9.17, 15) is 23.5 Å². The Morgan fingerprint density at radius 3 is 2.03 bits per heavy atom. The first-order valence-corrected chi connectivity index (χ1v) is 11.7. The normalized spacial score (nSPS) is 11.2. The van der Waals surface area contributed by atoms with Gasteiger partial charge in [-0.15, -0.1) is 0 Å². The van der Waals surface area contributed by atoms with Gasteiger partial charge in [-0.1, -0.05) is 86.6 Å². The minimum atomic E-state index is -2.80. The van der Waals surface area contributed by atoms with Gasteiger partial charge in [-0.25, -0.2) is 8.78 Å². The van der Waals surface area contributed by atoms with Crippen LogP contribution in [0.15, 0.2) is 84.9 Å². The van der Waals surface area contributed by atoms with E-state index in [4.69, 9.17) is 0 Å². The van der Waals surface area contributed by atoms with Gasteiger partial charge in [-0.3, -0.25) is 9.59 Å². The first-order valence-electron chi connectivity index (χ1n) is 11.7. The average molecular weight is 485 g/mol. The summed E-state index contributed by atoms with van der Waals surface area (Å²) >= 11 is 0. The lowest BCUT2D eigenvalue weighted by atomic mass is 10.0. The number of hydrogen-bond acceptors (Lipinski definition) is 3. The van der Waals surface area contributed by atoms with Crippen LogP contribution in [-0.4, -0.2) is 34.8 Å². The van der Waals surface area contributed by atoms with Crippen LogP contribution in [0, 0.1) is 0 Å². The van der Waals surface area contributed by atoms with Gasteiger partial charge in [0.1, 0.15) is 11.8 Å². The average Bonchev–Trinajstić information content (AvgIpc) is 2.89. The number of phenols is 1. The van der Waals surface area contributed by atoms with Crippen molar-refractivity contribution < 1.29 is 24.9 Å². The molecule has 5 nitrogen and oxygen atoms in total. The number of hydrogen-bond donors (Lipinski definition) is 2. The minimum Gasteiger partial charge on any atom is -0.508 e. The summed E-state index contributed by atoms with van der Waals surface area (Å²) in [5.41, 5.74) is 2.10. The Morgan fingerprint density at radius 2 is 1.46 bits per heavy atom. The molecule has 0 fully saturated rings. The highest BCUT2D eigenvalue weighted by atomic mass is 19.3. The number of carbonyl (C=O) groups is 2. The summed E-state index contributed by atoms with van der Waals surface area (Å²) in [4.78, 5) is 27.2. The number of phenolic OH excluding ortho intramolecular Hbond substituents is 1. The van der Waals surface area contributed by atoms with Gasteiger partial charge in [0.15, 0.2) is 0 Å². The molecule has 0 radical (unpaired) electrons. The van der Waals surface area contributed by atoms with Gasteiger partial charge >= 0.3 is 0 Å². The zero-order chi connectivity index (χ0) is 25.6. The summed E-state index contributed by atoms with van der Waals surface area (Å²) in [7, 11) is 0. The topological polar surface area (TPSA) is 69.6 Å². The summed E-state index contributed by atoms with van der Waals surface area (Å²) in [5.74, 6) is -0.973. The molecular weight excluding hydrogens is 450 g/mol. The third kappa shape index (κ3) is 8.85. The molecule has 0 aliphatic rings. The van der Waals surface area contributed by atoms with E-state index in [2.05, 4.69) is 5.32 Å². The van der Waals surface area contributed by atoms with Gasteiger partial charge in [0.2, 0.25) is 11.8 Å². The second kappa shape index (κ2) is 14.5. The number of carbonyl (C=O) groups excluding carboxylic acids is 2. The van der Waals surface area contributed by atoms with Crippen LogP contribution in [0.1, 0.15) is 44.4 Å². The summed E-state index contributed by atoms with van der Waals surface area (Å²) in [6.45, 7) is 3.36. The number of rotatable bonds is 10. The molecule has 3 rings (SSSR count). The maximum Gasteiger partial charge on any atom is 0.255 e. The zero-order valence-corrected chi connectivity index (χ0v) is 20.0. The van der Waals surface area contributed by atoms with E-state index in [1.54, 1.807) is 42.5 Å². The van der Waals surface area contributed by atoms with Crippen LogP contribution >= 0.6 is 0 Å². The molecule has 0 spiro atoms. The standard InChI is InChI=1S/C26H26F2N2O3.C2H6.H2/c27-23(28)18-30(24(32)16-13-19-11-14-22(31)15-12-19)25(21-9-5-2-6-10-21)26(33)29-17-20-7-3-1-4-8-20;1-2;/h1-12,14-15,23,25,31H,13,16-18H2,(H,29,33);1-2H3;1H. The van der Waals surface area contributed by atoms with Crippen LogP contribution in [0.4, 0.5) is 8.78 Å². The van der Waals surface area contributed by atoms with Crippen molar-refractivity contribution in [1.29, 1.82) is 0 Å². The van der Waals surface area contributed by atoms with Crippen LogP contribution in [0.3, 0.4) is 0 Å². The number of halogens is 2. The monoisotopic (exact) mass is 484 g/mol. The molecule has 0 bridgehead atoms. The SMILES string of the molecule is CC.O=C(NCc1ccccc1)C(c1ccccc1)N(CC(F)F)C(=O)CCc1ccc(O)cc1.[HH]. The van der Waals surface area contributed by atoms with Gasteiger partial charge in [0.05, 0.1) is 6.54 Å². The van der Waals surface area contributed by atoms with Crippen LogP contribution in [-0.2, 0) is 22.6 Å². The molecule has 1 atom stereocenters. The largest absolute Gasteiger partial charge is 0.508 e. The fourth-order valence-corrected chi connectivity index (χ4v) is 3.55. The molecule has 0 aliphatic carbocycles. The molecule has 3 aromatic carbocycles. The molecule has 0 heterocycles. The fourth-order valence-electron chi connectivity index (χ4n) is 3.55. The predicted molar refractivity (Wildman–Crippen MR) is 135 cm³/mol. The van der Waals surface area contributed by atoms with Crippen molar-refractivity contribution in [2.75, 3.05) is 6.54 Å². The van der Waals surface area contributed by atoms with Crippen LogP contribution in [0.2, 0.25) is 0 Å². The van der Waals surface area contributed by atoms with E-state index in [1.165, 1.54) is 12.1 Å². The molecule has 0 aliphatic heterocycles. The molecule has 7 heteroatoms. The van der Waals surface area contributed by atoms with Crippen molar-refractivity contribution in [3.05, 3.63) is 102 Å². The molecular formula is C28H34F2N2O3. The Bertz CT molecular complexity index is 1040. The number of benzene rings is 3. The van der Waals surface area contributed by atoms with Crippen molar-refractivity contribution in [1.82, 2.24) is 10.2 Å². The van der Waals surface area contributed by atoms with E-state index < -0.39 is 30.8 Å². The Kier molecular flexibility index (Phi) is 11.4. The third-order valence-corrected chi connectivity index (χ3v) is 5.20. The van der Waals surface area contributed by atoms with Gasteiger partial charge in [0.25, 0.3) is 6.43 Å². The first-order chi connectivity index (χ1) is 16.9. The Morgan fingerprint density at radius 1 is 0.886 bits per heavy atom. The fraction of sp³-hybridized carbons (Fsp3) is 0.286. The molecule has 0 saturated heterocycles. The first kappa shape index (κ1) is 27.5. The van der Waals surface area contributed by atoms with E-state index in [0.717, 1.165) is 16.0 Å². The van der Waals surface area contributed by atoms with Crippen molar-refractivity contribution >= 4 is 11.8 Å². The quantitative estimate of drug-likeness (QED) is 0.385. The van der Waals surface area contributed by atoms with Gasteiger partial charge in [-0.05, 0) is 35.2 Å². The molecule has 0 saturated carbocycles. The second-order valence-electron chi connectivity index (χ2n) is 7.62. The summed E-state index contributed by atoms with van der Waals surface area (Å²) in [6.07, 6.45) is -2.55. The molecule has 188 valence electrons. The van der Waals surface area contributed by atoms with Gasteiger partial charge in [0, 0.05) is 14.4 Å². The summed E-state index contributed by atoms with van der Waals surface area (Å²) in [6, 6.07) is 22.8. The van der Waals surface area contributed by atoms with E-state index in [1.807, 2.05) is 44.2 Å². The predicted octanol–water partition coefficient (Wildman–Crippen LogP) is 5.75. The number of amides is 2. The number of nitrogens with zero attached hydrogens (tertiary/aromatic N) is 1. The lowest BCUT2D eigenvalue weighted by Gasteiger charge is -2.31. The van der Waals surface area contributed by atoms with Crippen molar-refractivity contribution in [2.24, 2.45) is 0 Å². The summed E-state index contributed by atoms with van der Waals surface area (Å²) in [5, 5.41) is 12.2. The summed E-state index contributed by atoms with van der Waals surface area (Å²) < 4.78 is 27.0. The smallest absolute Gasteiger partial charge is 0.255 e. The lowest BCUT2D eigenvalue weighted by Crippen LogP contribution is -2.45. The van der Waals surface area contributed by atoms with Gasteiger partial charge in [-0.2, -0.15) is 0 Å².